The van der Waals surface area contributed by atoms with Crippen LogP contribution in [0.1, 0.15) is 15.2 Å². The van der Waals surface area contributed by atoms with Crippen LogP contribution < -0.4 is 4.74 Å². The van der Waals surface area contributed by atoms with Crippen molar-refractivity contribution in [2.75, 3.05) is 7.11 Å². The van der Waals surface area contributed by atoms with Crippen molar-refractivity contribution in [2.45, 2.75) is 6.92 Å². The van der Waals surface area contributed by atoms with Gasteiger partial charge in [-0.2, -0.15) is 0 Å². The fourth-order valence-electron chi connectivity index (χ4n) is 2.59. The van der Waals surface area contributed by atoms with E-state index in [4.69, 9.17) is 4.74 Å². The zero-order chi connectivity index (χ0) is 17.6. The Hall–Kier alpha value is -2.54. The number of carboxylic acids is 1. The fourth-order valence-corrected chi connectivity index (χ4v) is 3.67. The predicted octanol–water partition coefficient (Wildman–Crippen LogP) is 5.00. The van der Waals surface area contributed by atoms with Crippen molar-refractivity contribution in [3.05, 3.63) is 52.2 Å². The largest absolute Gasteiger partial charge is 0.491 e. The molecule has 0 fully saturated rings. The topological polar surface area (TPSA) is 46.5 Å². The first kappa shape index (κ1) is 16.3. The second-order valence-electron chi connectivity index (χ2n) is 5.15. The van der Waals surface area contributed by atoms with Gasteiger partial charge in [-0.05, 0) is 36.8 Å². The summed E-state index contributed by atoms with van der Waals surface area (Å²) >= 11 is 0.832. The monoisotopic (exact) mass is 352 g/mol. The number of fused-ring (bicyclic) bond motifs is 1. The van der Waals surface area contributed by atoms with Crippen molar-refractivity contribution in [3.8, 4) is 16.9 Å². The SMILES string of the molecule is COc1c(F)c(C)cc(-c2c(C(=O)O)sc3cc(F)ccc23)c1F. The van der Waals surface area contributed by atoms with Gasteiger partial charge in [0.25, 0.3) is 0 Å². The maximum atomic E-state index is 14.7. The molecule has 0 atom stereocenters. The highest BCUT2D eigenvalue weighted by Crippen LogP contribution is 2.43. The zero-order valence-corrected chi connectivity index (χ0v) is 13.4. The van der Waals surface area contributed by atoms with Crippen LogP contribution in [0.4, 0.5) is 13.2 Å². The normalized spacial score (nSPS) is 11.0. The van der Waals surface area contributed by atoms with Gasteiger partial charge >= 0.3 is 5.97 Å². The molecule has 0 aliphatic carbocycles. The summed E-state index contributed by atoms with van der Waals surface area (Å²) < 4.78 is 47.2. The lowest BCUT2D eigenvalue weighted by molar-refractivity contribution is 0.0703. The van der Waals surface area contributed by atoms with E-state index in [1.165, 1.54) is 25.1 Å². The lowest BCUT2D eigenvalue weighted by Gasteiger charge is -2.11. The molecule has 0 saturated carbocycles. The van der Waals surface area contributed by atoms with Crippen LogP contribution in [0.15, 0.2) is 24.3 Å². The summed E-state index contributed by atoms with van der Waals surface area (Å²) in [5.41, 5.74) is 0.100. The molecule has 3 rings (SSSR count). The molecule has 0 saturated heterocycles. The summed E-state index contributed by atoms with van der Waals surface area (Å²) in [5, 5.41) is 9.81. The summed E-state index contributed by atoms with van der Waals surface area (Å²) in [5.74, 6) is -4.22. The molecular formula is C17H11F3O3S. The van der Waals surface area contributed by atoms with Crippen LogP contribution in [0.5, 0.6) is 5.75 Å². The Morgan fingerprint density at radius 3 is 2.50 bits per heavy atom. The Labute approximate surface area is 138 Å². The number of ether oxygens (including phenoxy) is 1. The number of hydrogen-bond acceptors (Lipinski definition) is 3. The van der Waals surface area contributed by atoms with E-state index in [0.717, 1.165) is 24.5 Å². The molecule has 0 unspecified atom stereocenters. The van der Waals surface area contributed by atoms with Crippen molar-refractivity contribution >= 4 is 27.4 Å². The maximum absolute atomic E-state index is 14.7. The molecule has 0 aliphatic heterocycles. The number of hydrogen-bond donors (Lipinski definition) is 1. The van der Waals surface area contributed by atoms with Gasteiger partial charge in [0.05, 0.1) is 7.11 Å². The number of aromatic carboxylic acids is 1. The lowest BCUT2D eigenvalue weighted by Crippen LogP contribution is -2.01. The Morgan fingerprint density at radius 2 is 1.88 bits per heavy atom. The zero-order valence-electron chi connectivity index (χ0n) is 12.6. The molecule has 1 N–H and O–H groups in total. The van der Waals surface area contributed by atoms with Crippen LogP contribution in [0.2, 0.25) is 0 Å². The number of halogens is 3. The third-order valence-corrected chi connectivity index (χ3v) is 4.80. The van der Waals surface area contributed by atoms with Crippen LogP contribution in [-0.4, -0.2) is 18.2 Å². The number of carboxylic acid groups (broad SMARTS) is 1. The van der Waals surface area contributed by atoms with Gasteiger partial charge in [0.1, 0.15) is 10.7 Å². The first-order valence-electron chi connectivity index (χ1n) is 6.83. The molecule has 7 heteroatoms. The Balaban J connectivity index is 2.44. The molecule has 1 aromatic heterocycles. The number of rotatable bonds is 3. The number of benzene rings is 2. The van der Waals surface area contributed by atoms with Gasteiger partial charge in [-0.3, -0.25) is 0 Å². The van der Waals surface area contributed by atoms with Crippen LogP contribution in [0, 0.1) is 24.4 Å². The second-order valence-corrected chi connectivity index (χ2v) is 6.21. The third kappa shape index (κ3) is 2.41. The molecule has 0 radical (unpaired) electrons. The third-order valence-electron chi connectivity index (χ3n) is 3.66. The second kappa shape index (κ2) is 5.83. The van der Waals surface area contributed by atoms with E-state index in [2.05, 4.69) is 0 Å². The standard InChI is InChI=1S/C17H11F3O3S/c1-7-5-10(14(20)15(23-2)13(7)19)12-9-4-3-8(18)6-11(9)24-16(12)17(21)22/h3-6H,1-2H3,(H,21,22). The van der Waals surface area contributed by atoms with Gasteiger partial charge < -0.3 is 9.84 Å². The first-order valence-corrected chi connectivity index (χ1v) is 7.65. The molecule has 2 aromatic carbocycles. The van der Waals surface area contributed by atoms with E-state index in [1.807, 2.05) is 0 Å². The molecule has 3 nitrogen and oxygen atoms in total. The number of thiophene rings is 1. The number of carbonyl (C=O) groups is 1. The number of methoxy groups -OCH3 is 1. The van der Waals surface area contributed by atoms with E-state index < -0.39 is 29.2 Å². The van der Waals surface area contributed by atoms with E-state index in [-0.39, 0.29) is 21.6 Å². The van der Waals surface area contributed by atoms with Crippen LogP contribution in [0.25, 0.3) is 21.2 Å². The minimum absolute atomic E-state index is 0.0846. The van der Waals surface area contributed by atoms with Gasteiger partial charge in [0, 0.05) is 21.2 Å². The van der Waals surface area contributed by atoms with Crippen molar-refractivity contribution in [2.24, 2.45) is 0 Å². The first-order chi connectivity index (χ1) is 11.3. The summed E-state index contributed by atoms with van der Waals surface area (Å²) in [6.07, 6.45) is 0. The van der Waals surface area contributed by atoms with Crippen molar-refractivity contribution in [1.29, 1.82) is 0 Å². The summed E-state index contributed by atoms with van der Waals surface area (Å²) in [7, 11) is 1.13. The van der Waals surface area contributed by atoms with E-state index in [0.29, 0.717) is 10.1 Å². The van der Waals surface area contributed by atoms with Crippen LogP contribution in [-0.2, 0) is 0 Å². The quantitative estimate of drug-likeness (QED) is 0.721. The van der Waals surface area contributed by atoms with Gasteiger partial charge in [0.2, 0.25) is 0 Å². The minimum atomic E-state index is -1.27. The molecule has 3 aromatic rings. The molecular weight excluding hydrogens is 341 g/mol. The van der Waals surface area contributed by atoms with Gasteiger partial charge in [0.15, 0.2) is 17.4 Å². The van der Waals surface area contributed by atoms with E-state index in [1.54, 1.807) is 0 Å². The van der Waals surface area contributed by atoms with E-state index >= 15 is 0 Å². The molecule has 0 aliphatic rings. The van der Waals surface area contributed by atoms with Crippen molar-refractivity contribution < 1.29 is 27.8 Å². The summed E-state index contributed by atoms with van der Waals surface area (Å²) in [6, 6.07) is 4.95. The van der Waals surface area contributed by atoms with Gasteiger partial charge in [-0.15, -0.1) is 11.3 Å². The van der Waals surface area contributed by atoms with E-state index in [9.17, 15) is 23.1 Å². The highest BCUT2D eigenvalue weighted by atomic mass is 32.1. The van der Waals surface area contributed by atoms with Gasteiger partial charge in [-0.25, -0.2) is 18.0 Å². The molecule has 0 amide bonds. The minimum Gasteiger partial charge on any atom is -0.491 e. The average molecular weight is 352 g/mol. The maximum Gasteiger partial charge on any atom is 0.346 e. The van der Waals surface area contributed by atoms with Crippen LogP contribution in [0.3, 0.4) is 0 Å². The molecule has 1 heterocycles. The molecule has 0 spiro atoms. The Morgan fingerprint density at radius 1 is 1.17 bits per heavy atom. The highest BCUT2D eigenvalue weighted by Gasteiger charge is 2.26. The van der Waals surface area contributed by atoms with Crippen molar-refractivity contribution in [1.82, 2.24) is 0 Å². The number of aryl methyl sites for hydroxylation is 1. The predicted molar refractivity (Wildman–Crippen MR) is 85.4 cm³/mol. The van der Waals surface area contributed by atoms with Gasteiger partial charge in [-0.1, -0.05) is 0 Å². The molecule has 0 bridgehead atoms. The van der Waals surface area contributed by atoms with Crippen molar-refractivity contribution in [3.63, 3.8) is 0 Å². The highest BCUT2D eigenvalue weighted by molar-refractivity contribution is 7.21. The lowest BCUT2D eigenvalue weighted by atomic mass is 9.98. The summed E-state index contributed by atoms with van der Waals surface area (Å²) in [6.45, 7) is 1.43. The molecule has 24 heavy (non-hydrogen) atoms. The fraction of sp³-hybridized carbons (Fsp3) is 0.118. The smallest absolute Gasteiger partial charge is 0.346 e. The average Bonchev–Trinajstić information content (AvgIpc) is 2.90. The Bertz CT molecular complexity index is 979. The summed E-state index contributed by atoms with van der Waals surface area (Å²) in [4.78, 5) is 11.4. The Kier molecular flexibility index (Phi) is 3.96. The van der Waals surface area contributed by atoms with Crippen LogP contribution >= 0.6 is 11.3 Å². The molecule has 124 valence electrons.